The van der Waals surface area contributed by atoms with Crippen molar-refractivity contribution in [2.24, 2.45) is 0 Å². The topological polar surface area (TPSA) is 85.1 Å². The number of halogens is 2. The molecule has 0 aliphatic carbocycles. The molecule has 0 aromatic heterocycles. The fourth-order valence-electron chi connectivity index (χ4n) is 4.01. The molecule has 178 valence electrons. The maximum absolute atomic E-state index is 12.8. The highest BCUT2D eigenvalue weighted by Gasteiger charge is 2.23. The summed E-state index contributed by atoms with van der Waals surface area (Å²) in [7, 11) is 5.06. The lowest BCUT2D eigenvalue weighted by atomic mass is 10.0. The molecule has 0 fully saturated rings. The smallest absolute Gasteiger partial charge is 0.227 e. The Kier molecular flexibility index (Phi) is 8.46. The number of methoxy groups -OCH3 is 2. The molecule has 1 amide bonds. The van der Waals surface area contributed by atoms with Gasteiger partial charge in [-0.2, -0.15) is 0 Å². The highest BCUT2D eigenvalue weighted by Crippen LogP contribution is 2.32. The van der Waals surface area contributed by atoms with Gasteiger partial charge in [0.05, 0.1) is 37.9 Å². The van der Waals surface area contributed by atoms with Crippen molar-refractivity contribution in [3.8, 4) is 11.5 Å². The second-order valence-corrected chi connectivity index (χ2v) is 8.99. The molecule has 2 aromatic carbocycles. The van der Waals surface area contributed by atoms with Crippen LogP contribution in [0.2, 0.25) is 10.0 Å². The summed E-state index contributed by atoms with van der Waals surface area (Å²) >= 11 is 12.0. The average molecular weight is 494 g/mol. The van der Waals surface area contributed by atoms with E-state index in [0.717, 1.165) is 24.0 Å². The Morgan fingerprint density at radius 1 is 1.12 bits per heavy atom. The van der Waals surface area contributed by atoms with Gasteiger partial charge in [-0.05, 0) is 61.8 Å². The number of likely N-dealkylation sites (N-methyl/N-ethyl adjacent to an activating group) is 1. The van der Waals surface area contributed by atoms with E-state index < -0.39 is 0 Å². The minimum Gasteiger partial charge on any atom is -0.493 e. The van der Waals surface area contributed by atoms with E-state index >= 15 is 0 Å². The minimum atomic E-state index is -0.149. The second kappa shape index (κ2) is 11.1. The Balaban J connectivity index is 1.54. The van der Waals surface area contributed by atoms with Gasteiger partial charge in [0.1, 0.15) is 0 Å². The maximum Gasteiger partial charge on any atom is 0.227 e. The van der Waals surface area contributed by atoms with E-state index in [-0.39, 0.29) is 28.9 Å². The first-order valence-electron chi connectivity index (χ1n) is 10.7. The number of rotatable bonds is 9. The zero-order valence-electron chi connectivity index (χ0n) is 19.1. The summed E-state index contributed by atoms with van der Waals surface area (Å²) in [6.07, 6.45) is 1.83. The predicted molar refractivity (Wildman–Crippen MR) is 131 cm³/mol. The van der Waals surface area contributed by atoms with Crippen molar-refractivity contribution in [2.75, 3.05) is 53.2 Å². The van der Waals surface area contributed by atoms with Crippen LogP contribution in [0.1, 0.15) is 27.9 Å². The summed E-state index contributed by atoms with van der Waals surface area (Å²) in [6, 6.07) is 6.90. The van der Waals surface area contributed by atoms with Crippen molar-refractivity contribution in [1.29, 1.82) is 0 Å². The molecular weight excluding hydrogens is 465 g/mol. The lowest BCUT2D eigenvalue weighted by Gasteiger charge is -2.22. The molecule has 0 spiro atoms. The van der Waals surface area contributed by atoms with Gasteiger partial charge >= 0.3 is 0 Å². The normalized spacial score (nSPS) is 13.6. The number of hydrogen-bond donors (Lipinski definition) is 1. The molecule has 0 unspecified atom stereocenters. The van der Waals surface area contributed by atoms with Crippen molar-refractivity contribution in [3.05, 3.63) is 51.0 Å². The summed E-state index contributed by atoms with van der Waals surface area (Å²) in [5, 5.41) is 0.639. The third-order valence-electron chi connectivity index (χ3n) is 5.83. The standard InChI is InChI=1S/C24H29Cl2N3O4/c1-28(14-20(30)18-12-17(25)13-19(26)24(18)27)6-4-7-29-8-5-15-9-21(32-2)22(33-3)10-16(15)11-23(29)31/h9-10,12-13H,4-8,11,14,27H2,1-3H3. The van der Waals surface area contributed by atoms with Gasteiger partial charge in [0.15, 0.2) is 17.3 Å². The third kappa shape index (κ3) is 6.10. The highest BCUT2D eigenvalue weighted by molar-refractivity contribution is 6.37. The Labute approximate surface area is 204 Å². The maximum atomic E-state index is 12.8. The number of carbonyl (C=O) groups excluding carboxylic acids is 2. The summed E-state index contributed by atoms with van der Waals surface area (Å²) in [4.78, 5) is 29.3. The summed E-state index contributed by atoms with van der Waals surface area (Å²) in [5.41, 5.74) is 8.58. The average Bonchev–Trinajstić information content (AvgIpc) is 2.92. The van der Waals surface area contributed by atoms with Crippen molar-refractivity contribution in [3.63, 3.8) is 0 Å². The van der Waals surface area contributed by atoms with Crippen LogP contribution < -0.4 is 15.2 Å². The van der Waals surface area contributed by atoms with Gasteiger partial charge in [-0.1, -0.05) is 23.2 Å². The first kappa shape index (κ1) is 25.1. The van der Waals surface area contributed by atoms with Gasteiger partial charge in [-0.15, -0.1) is 0 Å². The number of nitrogen functional groups attached to an aromatic ring is 1. The van der Waals surface area contributed by atoms with E-state index in [1.807, 2.05) is 29.0 Å². The van der Waals surface area contributed by atoms with Gasteiger partial charge in [0.2, 0.25) is 5.91 Å². The number of Topliss-reactive ketones (excluding diaryl/α,β-unsaturated/α-hetero) is 1. The number of nitrogens with zero attached hydrogens (tertiary/aromatic N) is 2. The van der Waals surface area contributed by atoms with Gasteiger partial charge in [0.25, 0.3) is 0 Å². The van der Waals surface area contributed by atoms with E-state index in [2.05, 4.69) is 0 Å². The molecule has 2 N–H and O–H groups in total. The van der Waals surface area contributed by atoms with E-state index in [1.54, 1.807) is 14.2 Å². The molecule has 33 heavy (non-hydrogen) atoms. The minimum absolute atomic E-state index is 0.0843. The molecule has 1 aliphatic heterocycles. The quantitative estimate of drug-likeness (QED) is 0.423. The van der Waals surface area contributed by atoms with Gasteiger partial charge < -0.3 is 20.1 Å². The van der Waals surface area contributed by atoms with Crippen LogP contribution in [-0.2, 0) is 17.6 Å². The zero-order valence-corrected chi connectivity index (χ0v) is 20.6. The van der Waals surface area contributed by atoms with Crippen LogP contribution in [0.15, 0.2) is 24.3 Å². The number of fused-ring (bicyclic) bond motifs is 1. The molecule has 1 aliphatic rings. The van der Waals surface area contributed by atoms with E-state index in [1.165, 1.54) is 12.1 Å². The number of nitrogens with two attached hydrogens (primary N) is 1. The number of carbonyl (C=O) groups is 2. The zero-order chi connectivity index (χ0) is 24.1. The monoisotopic (exact) mass is 493 g/mol. The number of anilines is 1. The van der Waals surface area contributed by atoms with E-state index in [9.17, 15) is 9.59 Å². The molecule has 2 aromatic rings. The fraction of sp³-hybridized carbons (Fsp3) is 0.417. The van der Waals surface area contributed by atoms with Crippen molar-refractivity contribution >= 4 is 40.6 Å². The van der Waals surface area contributed by atoms with Crippen LogP contribution in [0.25, 0.3) is 0 Å². The molecule has 0 radical (unpaired) electrons. The Morgan fingerprint density at radius 3 is 2.45 bits per heavy atom. The van der Waals surface area contributed by atoms with Crippen LogP contribution in [0.4, 0.5) is 5.69 Å². The van der Waals surface area contributed by atoms with E-state index in [4.69, 9.17) is 38.4 Å². The summed E-state index contributed by atoms with van der Waals surface area (Å²) < 4.78 is 10.8. The van der Waals surface area contributed by atoms with Crippen molar-refractivity contribution in [2.45, 2.75) is 19.3 Å². The lowest BCUT2D eigenvalue weighted by Crippen LogP contribution is -2.35. The first-order valence-corrected chi connectivity index (χ1v) is 11.5. The van der Waals surface area contributed by atoms with Gasteiger partial charge in [-0.3, -0.25) is 14.5 Å². The Hall–Kier alpha value is -2.48. The number of ketones is 1. The van der Waals surface area contributed by atoms with Crippen LogP contribution in [0.3, 0.4) is 0 Å². The van der Waals surface area contributed by atoms with E-state index in [0.29, 0.717) is 48.1 Å². The molecule has 0 saturated carbocycles. The van der Waals surface area contributed by atoms with Crippen molar-refractivity contribution in [1.82, 2.24) is 9.80 Å². The van der Waals surface area contributed by atoms with Crippen LogP contribution >= 0.6 is 23.2 Å². The van der Waals surface area contributed by atoms with Gasteiger partial charge in [-0.25, -0.2) is 0 Å². The van der Waals surface area contributed by atoms with Crippen LogP contribution in [0, 0.1) is 0 Å². The van der Waals surface area contributed by atoms with Crippen LogP contribution in [0.5, 0.6) is 11.5 Å². The molecular formula is C24H29Cl2N3O4. The predicted octanol–water partition coefficient (Wildman–Crippen LogP) is 3.72. The summed E-state index contributed by atoms with van der Waals surface area (Å²) in [6.45, 7) is 2.09. The SMILES string of the molecule is COc1cc2c(cc1OC)CC(=O)N(CCCN(C)CC(=O)c1cc(Cl)cc(Cl)c1N)CC2. The molecule has 0 bridgehead atoms. The molecule has 3 rings (SSSR count). The molecule has 0 saturated heterocycles. The van der Waals surface area contributed by atoms with Crippen molar-refractivity contribution < 1.29 is 19.1 Å². The molecule has 7 nitrogen and oxygen atoms in total. The van der Waals surface area contributed by atoms with Crippen LogP contribution in [-0.4, -0.2) is 68.9 Å². The highest BCUT2D eigenvalue weighted by atomic mass is 35.5. The number of amides is 1. The van der Waals surface area contributed by atoms with Gasteiger partial charge in [0, 0.05) is 23.7 Å². The Bertz CT molecular complexity index is 1040. The number of benzene rings is 2. The summed E-state index contributed by atoms with van der Waals surface area (Å²) in [5.74, 6) is 1.24. The number of hydrogen-bond acceptors (Lipinski definition) is 6. The number of ether oxygens (including phenoxy) is 2. The molecule has 0 atom stereocenters. The lowest BCUT2D eigenvalue weighted by molar-refractivity contribution is -0.130. The fourth-order valence-corrected chi connectivity index (χ4v) is 4.50. The second-order valence-electron chi connectivity index (χ2n) is 8.15. The third-order valence-corrected chi connectivity index (χ3v) is 6.36. The first-order chi connectivity index (χ1) is 15.7. The molecule has 9 heteroatoms. The Morgan fingerprint density at radius 2 is 1.79 bits per heavy atom. The largest absolute Gasteiger partial charge is 0.493 e. The molecule has 1 heterocycles.